The lowest BCUT2D eigenvalue weighted by atomic mass is 10.0. The lowest BCUT2D eigenvalue weighted by molar-refractivity contribution is -0.137. The van der Waals surface area contributed by atoms with Gasteiger partial charge in [0.2, 0.25) is 0 Å². The van der Waals surface area contributed by atoms with Crippen LogP contribution in [0.3, 0.4) is 0 Å². The van der Waals surface area contributed by atoms with E-state index in [1.165, 1.54) is 36.1 Å². The van der Waals surface area contributed by atoms with Crippen LogP contribution in [0.5, 0.6) is 0 Å². The first-order valence-corrected chi connectivity index (χ1v) is 8.31. The minimum atomic E-state index is -4.77. The molecule has 2 aromatic rings. The van der Waals surface area contributed by atoms with Crippen LogP contribution in [0.15, 0.2) is 42.5 Å². The number of rotatable bonds is 3. The minimum absolute atomic E-state index is 0.119. The predicted octanol–water partition coefficient (Wildman–Crippen LogP) is 3.64. The number of alkyl halides is 3. The maximum absolute atomic E-state index is 13.1. The van der Waals surface area contributed by atoms with Crippen molar-refractivity contribution in [3.05, 3.63) is 59.4 Å². The highest BCUT2D eigenvalue weighted by molar-refractivity contribution is 6.07. The molecule has 150 valence electrons. The molecule has 1 aliphatic rings. The SMILES string of the molecule is CC1(C(=O)Nc2ccc(C#N)c(C(F)(F)F)c2)CN(c2ccc(F)cc2)C(=O)N1. The van der Waals surface area contributed by atoms with Crippen LogP contribution in [0.4, 0.5) is 33.7 Å². The third-order valence-electron chi connectivity index (χ3n) is 4.45. The summed E-state index contributed by atoms with van der Waals surface area (Å²) in [5.74, 6) is -1.23. The maximum Gasteiger partial charge on any atom is 0.417 e. The van der Waals surface area contributed by atoms with Crippen LogP contribution in [0, 0.1) is 17.1 Å². The second kappa shape index (κ2) is 7.09. The molecular formula is C19H14F4N4O2. The van der Waals surface area contributed by atoms with Gasteiger partial charge >= 0.3 is 12.2 Å². The van der Waals surface area contributed by atoms with Crippen molar-refractivity contribution >= 4 is 23.3 Å². The highest BCUT2D eigenvalue weighted by Crippen LogP contribution is 2.34. The molecular weight excluding hydrogens is 392 g/mol. The Morgan fingerprint density at radius 1 is 1.24 bits per heavy atom. The molecule has 3 amide bonds. The van der Waals surface area contributed by atoms with Gasteiger partial charge in [0.05, 0.1) is 23.7 Å². The molecule has 1 heterocycles. The van der Waals surface area contributed by atoms with Gasteiger partial charge in [-0.15, -0.1) is 0 Å². The number of benzene rings is 2. The summed E-state index contributed by atoms with van der Waals surface area (Å²) in [6.07, 6.45) is -4.77. The van der Waals surface area contributed by atoms with Crippen LogP contribution in [-0.2, 0) is 11.0 Å². The van der Waals surface area contributed by atoms with Gasteiger partial charge in [-0.05, 0) is 49.4 Å². The normalized spacial score (nSPS) is 18.9. The molecule has 1 aliphatic heterocycles. The minimum Gasteiger partial charge on any atom is -0.324 e. The summed E-state index contributed by atoms with van der Waals surface area (Å²) in [7, 11) is 0. The monoisotopic (exact) mass is 406 g/mol. The molecule has 29 heavy (non-hydrogen) atoms. The number of hydrogen-bond acceptors (Lipinski definition) is 3. The van der Waals surface area contributed by atoms with Gasteiger partial charge in [0.25, 0.3) is 5.91 Å². The molecule has 0 aliphatic carbocycles. The standard InChI is InChI=1S/C19H14F4N4O2/c1-18(10-27(17(29)26-18)14-6-3-12(20)4-7-14)16(28)25-13-5-2-11(9-24)15(8-13)19(21,22)23/h2-8H,10H2,1H3,(H,25,28)(H,26,29). The Hall–Kier alpha value is -3.61. The largest absolute Gasteiger partial charge is 0.417 e. The van der Waals surface area contributed by atoms with Crippen molar-refractivity contribution < 1.29 is 27.2 Å². The molecule has 0 saturated carbocycles. The molecule has 2 N–H and O–H groups in total. The van der Waals surface area contributed by atoms with E-state index in [1.807, 2.05) is 0 Å². The number of anilines is 2. The lowest BCUT2D eigenvalue weighted by Crippen LogP contribution is -2.51. The maximum atomic E-state index is 13.1. The second-order valence-corrected chi connectivity index (χ2v) is 6.65. The number of urea groups is 1. The summed E-state index contributed by atoms with van der Waals surface area (Å²) < 4.78 is 52.4. The molecule has 1 atom stereocenters. The van der Waals surface area contributed by atoms with Gasteiger partial charge in [-0.1, -0.05) is 0 Å². The first kappa shape index (κ1) is 20.1. The van der Waals surface area contributed by atoms with Crippen LogP contribution < -0.4 is 15.5 Å². The van der Waals surface area contributed by atoms with E-state index in [9.17, 15) is 27.2 Å². The first-order valence-electron chi connectivity index (χ1n) is 8.31. The van der Waals surface area contributed by atoms with Crippen LogP contribution in [-0.4, -0.2) is 24.0 Å². The van der Waals surface area contributed by atoms with Crippen molar-refractivity contribution in [3.63, 3.8) is 0 Å². The number of carbonyl (C=O) groups excluding carboxylic acids is 2. The van der Waals surface area contributed by atoms with Crippen LogP contribution in [0.2, 0.25) is 0 Å². The van der Waals surface area contributed by atoms with Crippen LogP contribution >= 0.6 is 0 Å². The number of nitrogens with one attached hydrogen (secondary N) is 2. The third-order valence-corrected chi connectivity index (χ3v) is 4.45. The molecule has 0 bridgehead atoms. The first-order chi connectivity index (χ1) is 13.5. The van der Waals surface area contributed by atoms with Gasteiger partial charge in [-0.2, -0.15) is 18.4 Å². The van der Waals surface area contributed by atoms with Gasteiger partial charge in [0, 0.05) is 11.4 Å². The molecule has 0 spiro atoms. The molecule has 10 heteroatoms. The number of nitriles is 1. The number of hydrogen-bond donors (Lipinski definition) is 2. The van der Waals surface area contributed by atoms with Crippen molar-refractivity contribution in [2.45, 2.75) is 18.6 Å². The Balaban J connectivity index is 1.81. The summed E-state index contributed by atoms with van der Waals surface area (Å²) in [5, 5.41) is 13.7. The van der Waals surface area contributed by atoms with Crippen molar-refractivity contribution in [2.24, 2.45) is 0 Å². The van der Waals surface area contributed by atoms with Gasteiger partial charge in [-0.25, -0.2) is 9.18 Å². The van der Waals surface area contributed by atoms with Crippen LogP contribution in [0.25, 0.3) is 0 Å². The van der Waals surface area contributed by atoms with E-state index in [4.69, 9.17) is 5.26 Å². The van der Waals surface area contributed by atoms with Crippen LogP contribution in [0.1, 0.15) is 18.1 Å². The zero-order valence-electron chi connectivity index (χ0n) is 15.0. The van der Waals surface area contributed by atoms with E-state index in [0.717, 1.165) is 18.2 Å². The number of amides is 3. The fourth-order valence-electron chi connectivity index (χ4n) is 2.91. The Kier molecular flexibility index (Phi) is 4.92. The lowest BCUT2D eigenvalue weighted by Gasteiger charge is -2.23. The molecule has 1 fully saturated rings. The topological polar surface area (TPSA) is 85.2 Å². The molecule has 2 aromatic carbocycles. The van der Waals surface area contributed by atoms with Gasteiger partial charge < -0.3 is 10.6 Å². The number of nitrogens with zero attached hydrogens (tertiary/aromatic N) is 2. The zero-order valence-corrected chi connectivity index (χ0v) is 15.0. The number of carbonyl (C=O) groups is 2. The predicted molar refractivity (Wildman–Crippen MR) is 95.5 cm³/mol. The van der Waals surface area contributed by atoms with Gasteiger partial charge in [-0.3, -0.25) is 9.69 Å². The fraction of sp³-hybridized carbons (Fsp3) is 0.211. The van der Waals surface area contributed by atoms with E-state index in [-0.39, 0.29) is 12.2 Å². The molecule has 1 unspecified atom stereocenters. The number of halogens is 4. The van der Waals surface area contributed by atoms with Crippen molar-refractivity contribution in [2.75, 3.05) is 16.8 Å². The van der Waals surface area contributed by atoms with E-state index in [2.05, 4.69) is 10.6 Å². The average Bonchev–Trinajstić information content (AvgIpc) is 2.97. The fourth-order valence-corrected chi connectivity index (χ4v) is 2.91. The molecule has 0 radical (unpaired) electrons. The second-order valence-electron chi connectivity index (χ2n) is 6.65. The average molecular weight is 406 g/mol. The third kappa shape index (κ3) is 3.99. The quantitative estimate of drug-likeness (QED) is 0.764. The summed E-state index contributed by atoms with van der Waals surface area (Å²) in [6.45, 7) is 1.30. The molecule has 1 saturated heterocycles. The smallest absolute Gasteiger partial charge is 0.324 e. The molecule has 3 rings (SSSR count). The van der Waals surface area contributed by atoms with E-state index < -0.39 is 40.6 Å². The summed E-state index contributed by atoms with van der Waals surface area (Å²) in [4.78, 5) is 26.1. The van der Waals surface area contributed by atoms with Crippen molar-refractivity contribution in [1.82, 2.24) is 5.32 Å². The highest BCUT2D eigenvalue weighted by Gasteiger charge is 2.45. The van der Waals surface area contributed by atoms with E-state index >= 15 is 0 Å². The van der Waals surface area contributed by atoms with Gasteiger partial charge in [0.1, 0.15) is 11.4 Å². The summed E-state index contributed by atoms with van der Waals surface area (Å²) in [6, 6.07) is 8.70. The Labute approximate surface area is 162 Å². The zero-order chi connectivity index (χ0) is 21.4. The molecule has 0 aromatic heterocycles. The Morgan fingerprint density at radius 2 is 1.90 bits per heavy atom. The highest BCUT2D eigenvalue weighted by atomic mass is 19.4. The Morgan fingerprint density at radius 3 is 2.48 bits per heavy atom. The Bertz CT molecular complexity index is 1010. The van der Waals surface area contributed by atoms with E-state index in [0.29, 0.717) is 11.8 Å². The summed E-state index contributed by atoms with van der Waals surface area (Å²) in [5.41, 5.74) is -3.00. The van der Waals surface area contributed by atoms with E-state index in [1.54, 1.807) is 0 Å². The summed E-state index contributed by atoms with van der Waals surface area (Å²) >= 11 is 0. The van der Waals surface area contributed by atoms with Crippen molar-refractivity contribution in [1.29, 1.82) is 5.26 Å². The van der Waals surface area contributed by atoms with Gasteiger partial charge in [0.15, 0.2) is 0 Å². The molecule has 6 nitrogen and oxygen atoms in total. The van der Waals surface area contributed by atoms with Crippen molar-refractivity contribution in [3.8, 4) is 6.07 Å².